The Morgan fingerprint density at radius 2 is 1.94 bits per heavy atom. The predicted octanol–water partition coefficient (Wildman–Crippen LogP) is 2.75. The van der Waals surface area contributed by atoms with E-state index in [0.717, 1.165) is 6.61 Å². The molecular weight excluding hydrogens is 218 g/mol. The third-order valence-electron chi connectivity index (χ3n) is 1.96. The molecule has 2 rings (SSSR count). The van der Waals surface area contributed by atoms with E-state index < -0.39 is 6.09 Å². The number of amides is 1. The fourth-order valence-corrected chi connectivity index (χ4v) is 0.943. The van der Waals surface area contributed by atoms with Gasteiger partial charge in [0.25, 0.3) is 0 Å². The second kappa shape index (κ2) is 9.42. The molecule has 4 nitrogen and oxygen atoms in total. The Kier molecular flexibility index (Phi) is 8.42. The fraction of sp³-hybridized carbons (Fsp3) is 0.308. The van der Waals surface area contributed by atoms with E-state index in [-0.39, 0.29) is 0 Å². The quantitative estimate of drug-likeness (QED) is 0.788. The number of primary amides is 1. The van der Waals surface area contributed by atoms with Crippen LogP contribution in [0.2, 0.25) is 0 Å². The van der Waals surface area contributed by atoms with E-state index in [1.165, 1.54) is 12.0 Å². The average molecular weight is 237 g/mol. The van der Waals surface area contributed by atoms with Crippen LogP contribution in [-0.2, 0) is 4.74 Å². The molecule has 94 valence electrons. The van der Waals surface area contributed by atoms with Crippen LogP contribution >= 0.6 is 0 Å². The number of carbonyl (C=O) groups is 1. The Morgan fingerprint density at radius 3 is 2.12 bits per heavy atom. The molecule has 1 aromatic rings. The van der Waals surface area contributed by atoms with Gasteiger partial charge in [-0.05, 0) is 18.9 Å². The SMILES string of the molecule is C=Cc1ccccc1.CC1CCO1.NC(=O)O. The first-order valence-electron chi connectivity index (χ1n) is 5.33. The third kappa shape index (κ3) is 10.5. The topological polar surface area (TPSA) is 72.5 Å². The summed E-state index contributed by atoms with van der Waals surface area (Å²) in [5.41, 5.74) is 5.20. The van der Waals surface area contributed by atoms with E-state index in [9.17, 15) is 0 Å². The highest BCUT2D eigenvalue weighted by molar-refractivity contribution is 5.61. The van der Waals surface area contributed by atoms with Crippen LogP contribution in [0.5, 0.6) is 0 Å². The van der Waals surface area contributed by atoms with Gasteiger partial charge in [-0.3, -0.25) is 0 Å². The smallest absolute Gasteiger partial charge is 0.402 e. The van der Waals surface area contributed by atoms with Crippen molar-refractivity contribution in [1.82, 2.24) is 0 Å². The van der Waals surface area contributed by atoms with E-state index in [1.807, 2.05) is 36.4 Å². The molecule has 0 aliphatic carbocycles. The van der Waals surface area contributed by atoms with Gasteiger partial charge < -0.3 is 15.6 Å². The summed E-state index contributed by atoms with van der Waals surface area (Å²) in [7, 11) is 0. The number of carboxylic acid groups (broad SMARTS) is 1. The summed E-state index contributed by atoms with van der Waals surface area (Å²) in [6.45, 7) is 6.70. The van der Waals surface area contributed by atoms with Gasteiger partial charge >= 0.3 is 6.09 Å². The van der Waals surface area contributed by atoms with E-state index in [1.54, 1.807) is 0 Å². The van der Waals surface area contributed by atoms with Crippen molar-refractivity contribution in [2.24, 2.45) is 5.73 Å². The second-order valence-corrected chi connectivity index (χ2v) is 3.42. The van der Waals surface area contributed by atoms with E-state index >= 15 is 0 Å². The van der Waals surface area contributed by atoms with Crippen LogP contribution in [0.3, 0.4) is 0 Å². The first-order chi connectivity index (χ1) is 8.06. The summed E-state index contributed by atoms with van der Waals surface area (Å²) in [5, 5.41) is 7.19. The van der Waals surface area contributed by atoms with Crippen molar-refractivity contribution in [3.63, 3.8) is 0 Å². The minimum atomic E-state index is -1.33. The summed E-state index contributed by atoms with van der Waals surface area (Å²) >= 11 is 0. The Labute approximate surface area is 102 Å². The number of hydrogen-bond donors (Lipinski definition) is 2. The van der Waals surface area contributed by atoms with Gasteiger partial charge in [-0.15, -0.1) is 0 Å². The maximum absolute atomic E-state index is 8.78. The molecule has 4 heteroatoms. The first-order valence-corrected chi connectivity index (χ1v) is 5.33. The minimum Gasteiger partial charge on any atom is -0.465 e. The van der Waals surface area contributed by atoms with Crippen LogP contribution in [-0.4, -0.2) is 23.9 Å². The van der Waals surface area contributed by atoms with Crippen molar-refractivity contribution in [2.45, 2.75) is 19.4 Å². The summed E-state index contributed by atoms with van der Waals surface area (Å²) in [6, 6.07) is 10.0. The molecule has 1 aliphatic rings. The lowest BCUT2D eigenvalue weighted by Gasteiger charge is -2.20. The average Bonchev–Trinajstić information content (AvgIpc) is 2.27. The highest BCUT2D eigenvalue weighted by Crippen LogP contribution is 2.07. The number of hydrogen-bond acceptors (Lipinski definition) is 2. The lowest BCUT2D eigenvalue weighted by molar-refractivity contribution is -0.0375. The maximum atomic E-state index is 8.78. The zero-order valence-corrected chi connectivity index (χ0v) is 10.0. The molecule has 0 bridgehead atoms. The monoisotopic (exact) mass is 237 g/mol. The van der Waals surface area contributed by atoms with Crippen molar-refractivity contribution >= 4 is 12.2 Å². The molecule has 1 heterocycles. The van der Waals surface area contributed by atoms with Crippen LogP contribution < -0.4 is 5.73 Å². The van der Waals surface area contributed by atoms with Crippen molar-refractivity contribution in [3.8, 4) is 0 Å². The van der Waals surface area contributed by atoms with Crippen molar-refractivity contribution < 1.29 is 14.6 Å². The van der Waals surface area contributed by atoms with Gasteiger partial charge in [0.2, 0.25) is 0 Å². The van der Waals surface area contributed by atoms with Crippen molar-refractivity contribution in [3.05, 3.63) is 42.5 Å². The molecule has 1 saturated heterocycles. The Bertz CT molecular complexity index is 317. The summed E-state index contributed by atoms with van der Waals surface area (Å²) < 4.78 is 4.93. The van der Waals surface area contributed by atoms with Crippen LogP contribution in [0.1, 0.15) is 18.9 Å². The number of rotatable bonds is 1. The first kappa shape index (κ1) is 15.2. The molecule has 1 aromatic carbocycles. The molecular formula is C13H19NO3. The maximum Gasteiger partial charge on any atom is 0.402 e. The van der Waals surface area contributed by atoms with Crippen molar-refractivity contribution in [2.75, 3.05) is 6.61 Å². The molecule has 1 fully saturated rings. The fourth-order valence-electron chi connectivity index (χ4n) is 0.943. The van der Waals surface area contributed by atoms with Crippen molar-refractivity contribution in [1.29, 1.82) is 0 Å². The Hall–Kier alpha value is -1.81. The minimum absolute atomic E-state index is 0.565. The number of nitrogens with two attached hydrogens (primary N) is 1. The van der Waals surface area contributed by atoms with E-state index in [4.69, 9.17) is 14.6 Å². The number of benzene rings is 1. The van der Waals surface area contributed by atoms with Crippen LogP contribution in [0.4, 0.5) is 4.79 Å². The van der Waals surface area contributed by atoms with Gasteiger partial charge in [-0.2, -0.15) is 0 Å². The van der Waals surface area contributed by atoms with Crippen LogP contribution in [0.25, 0.3) is 6.08 Å². The molecule has 0 saturated carbocycles. The van der Waals surface area contributed by atoms with Crippen LogP contribution in [0.15, 0.2) is 36.9 Å². The molecule has 0 aromatic heterocycles. The molecule has 1 aliphatic heterocycles. The normalized spacial score (nSPS) is 16.2. The Balaban J connectivity index is 0.000000246. The summed E-state index contributed by atoms with van der Waals surface area (Å²) in [4.78, 5) is 8.78. The highest BCUT2D eigenvalue weighted by Gasteiger charge is 2.09. The van der Waals surface area contributed by atoms with Gasteiger partial charge in [0.15, 0.2) is 0 Å². The molecule has 17 heavy (non-hydrogen) atoms. The molecule has 3 N–H and O–H groups in total. The largest absolute Gasteiger partial charge is 0.465 e. The summed E-state index contributed by atoms with van der Waals surface area (Å²) in [5.74, 6) is 0. The van der Waals surface area contributed by atoms with Gasteiger partial charge in [0.1, 0.15) is 0 Å². The Morgan fingerprint density at radius 1 is 1.53 bits per heavy atom. The predicted molar refractivity (Wildman–Crippen MR) is 68.8 cm³/mol. The van der Waals surface area contributed by atoms with E-state index in [0.29, 0.717) is 6.10 Å². The highest BCUT2D eigenvalue weighted by atomic mass is 16.5. The molecule has 1 unspecified atom stereocenters. The zero-order valence-electron chi connectivity index (χ0n) is 10.0. The lowest BCUT2D eigenvalue weighted by Crippen LogP contribution is -2.22. The summed E-state index contributed by atoms with van der Waals surface area (Å²) in [6.07, 6.45) is 2.33. The third-order valence-corrected chi connectivity index (χ3v) is 1.96. The van der Waals surface area contributed by atoms with Gasteiger partial charge in [0, 0.05) is 6.61 Å². The van der Waals surface area contributed by atoms with Gasteiger partial charge in [-0.1, -0.05) is 43.0 Å². The lowest BCUT2D eigenvalue weighted by atomic mass is 10.2. The molecule has 1 amide bonds. The second-order valence-electron chi connectivity index (χ2n) is 3.42. The van der Waals surface area contributed by atoms with E-state index in [2.05, 4.69) is 19.2 Å². The van der Waals surface area contributed by atoms with Gasteiger partial charge in [0.05, 0.1) is 6.10 Å². The standard InChI is InChI=1S/C8H8.C4H8O.CH3NO2/c1-2-8-6-4-3-5-7-8;1-4-2-3-5-4;2-1(3)4/h2-7H,1H2;4H,2-3H2,1H3;2H2,(H,3,4). The van der Waals surface area contributed by atoms with Crippen LogP contribution in [0, 0.1) is 0 Å². The van der Waals surface area contributed by atoms with Gasteiger partial charge in [-0.25, -0.2) is 4.79 Å². The molecule has 1 atom stereocenters. The molecule has 0 radical (unpaired) electrons. The number of ether oxygens (including phenoxy) is 1. The molecule has 0 spiro atoms. The zero-order chi connectivity index (χ0) is 13.1.